The lowest BCUT2D eigenvalue weighted by molar-refractivity contribution is 0.0660. The fourth-order valence-corrected chi connectivity index (χ4v) is 4.10. The third-order valence-electron chi connectivity index (χ3n) is 5.58. The van der Waals surface area contributed by atoms with Crippen LogP contribution in [0.1, 0.15) is 46.7 Å². The molecule has 3 aromatic rings. The highest BCUT2D eigenvalue weighted by molar-refractivity contribution is 5.95. The number of amides is 1. The highest BCUT2D eigenvalue weighted by Gasteiger charge is 2.36. The maximum absolute atomic E-state index is 13.8. The van der Waals surface area contributed by atoms with Crippen molar-refractivity contribution in [3.8, 4) is 11.3 Å². The SMILES string of the molecule is C[C@H]1c2nn(C)c(-c3cc(F)c(F)c(F)c3)c2CCN1C(=O)c1cnn(C)c1C(F)F. The van der Waals surface area contributed by atoms with E-state index in [0.717, 1.165) is 23.0 Å². The second-order valence-electron chi connectivity index (χ2n) is 7.38. The molecule has 0 N–H and O–H groups in total. The molecule has 0 aliphatic carbocycles. The first-order valence-corrected chi connectivity index (χ1v) is 9.43. The third kappa shape index (κ3) is 3.28. The molecule has 0 saturated carbocycles. The van der Waals surface area contributed by atoms with Crippen molar-refractivity contribution in [3.63, 3.8) is 0 Å². The summed E-state index contributed by atoms with van der Waals surface area (Å²) in [6.07, 6.45) is -1.48. The van der Waals surface area contributed by atoms with Crippen LogP contribution in [0.2, 0.25) is 0 Å². The number of benzene rings is 1. The summed E-state index contributed by atoms with van der Waals surface area (Å²) < 4.78 is 70.1. The van der Waals surface area contributed by atoms with E-state index in [1.807, 2.05) is 0 Å². The van der Waals surface area contributed by atoms with E-state index in [-0.39, 0.29) is 24.1 Å². The van der Waals surface area contributed by atoms with E-state index in [4.69, 9.17) is 0 Å². The van der Waals surface area contributed by atoms with Crippen LogP contribution >= 0.6 is 0 Å². The lowest BCUT2D eigenvalue weighted by Gasteiger charge is -2.33. The lowest BCUT2D eigenvalue weighted by Crippen LogP contribution is -2.39. The Morgan fingerprint density at radius 2 is 1.77 bits per heavy atom. The van der Waals surface area contributed by atoms with Crippen LogP contribution in [0, 0.1) is 17.5 Å². The molecular weight excluding hydrogens is 421 g/mol. The van der Waals surface area contributed by atoms with Gasteiger partial charge < -0.3 is 4.90 Å². The predicted octanol–water partition coefficient (Wildman–Crippen LogP) is 3.94. The van der Waals surface area contributed by atoms with Crippen LogP contribution in [0.15, 0.2) is 18.3 Å². The molecule has 1 aromatic carbocycles. The van der Waals surface area contributed by atoms with Crippen LogP contribution in [0.5, 0.6) is 0 Å². The minimum atomic E-state index is -2.87. The predicted molar refractivity (Wildman–Crippen MR) is 99.8 cm³/mol. The molecular formula is C20H18F5N5O. The summed E-state index contributed by atoms with van der Waals surface area (Å²) in [5, 5.41) is 8.17. The number of hydrogen-bond acceptors (Lipinski definition) is 3. The van der Waals surface area contributed by atoms with Gasteiger partial charge in [-0.1, -0.05) is 0 Å². The first-order valence-electron chi connectivity index (χ1n) is 9.43. The number of fused-ring (bicyclic) bond motifs is 1. The first-order chi connectivity index (χ1) is 14.6. The van der Waals surface area contributed by atoms with Gasteiger partial charge in [0.15, 0.2) is 17.5 Å². The van der Waals surface area contributed by atoms with E-state index in [2.05, 4.69) is 10.2 Å². The molecule has 6 nitrogen and oxygen atoms in total. The molecule has 0 spiro atoms. The van der Waals surface area contributed by atoms with Gasteiger partial charge in [-0.25, -0.2) is 22.0 Å². The summed E-state index contributed by atoms with van der Waals surface area (Å²) >= 11 is 0. The summed E-state index contributed by atoms with van der Waals surface area (Å²) in [5.41, 5.74) is 0.997. The molecule has 0 radical (unpaired) electrons. The molecule has 1 aliphatic heterocycles. The average molecular weight is 439 g/mol. The molecule has 164 valence electrons. The number of hydrogen-bond donors (Lipinski definition) is 0. The summed E-state index contributed by atoms with van der Waals surface area (Å²) in [5.74, 6) is -4.80. The number of nitrogens with zero attached hydrogens (tertiary/aromatic N) is 5. The van der Waals surface area contributed by atoms with Crippen molar-refractivity contribution in [1.29, 1.82) is 0 Å². The lowest BCUT2D eigenvalue weighted by atomic mass is 9.95. The molecule has 11 heteroatoms. The van der Waals surface area contributed by atoms with Crippen LogP contribution < -0.4 is 0 Å². The largest absolute Gasteiger partial charge is 0.330 e. The fourth-order valence-electron chi connectivity index (χ4n) is 4.10. The number of aryl methyl sites for hydroxylation is 2. The standard InChI is InChI=1S/C20H18F5N5O/c1-9-16-11(17(29(3)27-16)10-6-13(21)15(23)14(22)7-10)4-5-30(9)20(31)12-8-26-28(2)18(12)19(24)25/h6-9,19H,4-5H2,1-3H3/t9-/m0/s1. The van der Waals surface area contributed by atoms with E-state index >= 15 is 0 Å². The Morgan fingerprint density at radius 1 is 1.13 bits per heavy atom. The van der Waals surface area contributed by atoms with Gasteiger partial charge in [-0.3, -0.25) is 14.2 Å². The molecule has 0 fully saturated rings. The summed E-state index contributed by atoms with van der Waals surface area (Å²) in [6.45, 7) is 1.87. The van der Waals surface area contributed by atoms with Crippen LogP contribution in [-0.4, -0.2) is 36.9 Å². The molecule has 1 amide bonds. The van der Waals surface area contributed by atoms with Crippen molar-refractivity contribution in [2.45, 2.75) is 25.8 Å². The fraction of sp³-hybridized carbons (Fsp3) is 0.350. The van der Waals surface area contributed by atoms with Crippen molar-refractivity contribution in [2.24, 2.45) is 14.1 Å². The van der Waals surface area contributed by atoms with Crippen molar-refractivity contribution >= 4 is 5.91 Å². The summed E-state index contributed by atoms with van der Waals surface area (Å²) in [7, 11) is 2.91. The number of rotatable bonds is 3. The van der Waals surface area contributed by atoms with Crippen molar-refractivity contribution in [2.75, 3.05) is 6.54 Å². The molecule has 2 aromatic heterocycles. The maximum atomic E-state index is 13.8. The summed E-state index contributed by atoms with van der Waals surface area (Å²) in [4.78, 5) is 14.4. The molecule has 0 bridgehead atoms. The topological polar surface area (TPSA) is 56.0 Å². The van der Waals surface area contributed by atoms with Crippen LogP contribution in [0.4, 0.5) is 22.0 Å². The van der Waals surface area contributed by atoms with Gasteiger partial charge >= 0.3 is 0 Å². The Hall–Kier alpha value is -3.24. The van der Waals surface area contributed by atoms with Gasteiger partial charge in [-0.15, -0.1) is 0 Å². The highest BCUT2D eigenvalue weighted by Crippen LogP contribution is 2.37. The molecule has 1 aliphatic rings. The second-order valence-corrected chi connectivity index (χ2v) is 7.38. The quantitative estimate of drug-likeness (QED) is 0.459. The Kier molecular flexibility index (Phi) is 5.06. The van der Waals surface area contributed by atoms with Gasteiger partial charge in [0.05, 0.1) is 29.2 Å². The van der Waals surface area contributed by atoms with Crippen LogP contribution in [0.25, 0.3) is 11.3 Å². The number of alkyl halides is 2. The summed E-state index contributed by atoms with van der Waals surface area (Å²) in [6, 6.07) is 1.20. The van der Waals surface area contributed by atoms with Crippen LogP contribution in [0.3, 0.4) is 0 Å². The van der Waals surface area contributed by atoms with Gasteiger partial charge in [0, 0.05) is 31.8 Å². The van der Waals surface area contributed by atoms with E-state index in [9.17, 15) is 26.7 Å². The van der Waals surface area contributed by atoms with Crippen molar-refractivity contribution in [3.05, 3.63) is 58.3 Å². The Labute approximate surface area is 173 Å². The molecule has 1 atom stereocenters. The van der Waals surface area contributed by atoms with Gasteiger partial charge in [0.1, 0.15) is 5.69 Å². The first kappa shape index (κ1) is 21.0. The zero-order valence-electron chi connectivity index (χ0n) is 16.8. The molecule has 0 saturated heterocycles. The molecule has 3 heterocycles. The Balaban J connectivity index is 1.73. The van der Waals surface area contributed by atoms with Crippen molar-refractivity contribution in [1.82, 2.24) is 24.5 Å². The van der Waals surface area contributed by atoms with Crippen molar-refractivity contribution < 1.29 is 26.7 Å². The Bertz CT molecular complexity index is 1160. The van der Waals surface area contributed by atoms with Gasteiger partial charge in [-0.05, 0) is 25.5 Å². The van der Waals surface area contributed by atoms with E-state index in [1.165, 1.54) is 16.6 Å². The second kappa shape index (κ2) is 7.47. The van der Waals surface area contributed by atoms with Gasteiger partial charge in [-0.2, -0.15) is 10.2 Å². The number of halogens is 5. The monoisotopic (exact) mass is 439 g/mol. The molecule has 31 heavy (non-hydrogen) atoms. The van der Waals surface area contributed by atoms with E-state index < -0.39 is 41.5 Å². The number of carbonyl (C=O) groups is 1. The normalized spacial score (nSPS) is 16.2. The maximum Gasteiger partial charge on any atom is 0.280 e. The number of aromatic nitrogens is 4. The van der Waals surface area contributed by atoms with Gasteiger partial charge in [0.25, 0.3) is 12.3 Å². The van der Waals surface area contributed by atoms with E-state index in [0.29, 0.717) is 17.0 Å². The Morgan fingerprint density at radius 3 is 2.39 bits per heavy atom. The smallest absolute Gasteiger partial charge is 0.280 e. The van der Waals surface area contributed by atoms with Crippen LogP contribution in [-0.2, 0) is 20.5 Å². The molecule has 4 rings (SSSR count). The highest BCUT2D eigenvalue weighted by atomic mass is 19.3. The average Bonchev–Trinajstić information content (AvgIpc) is 3.25. The van der Waals surface area contributed by atoms with Gasteiger partial charge in [0.2, 0.25) is 0 Å². The minimum Gasteiger partial charge on any atom is -0.330 e. The number of carbonyl (C=O) groups excluding carboxylic acids is 1. The minimum absolute atomic E-state index is 0.117. The zero-order chi connectivity index (χ0) is 22.6. The van der Waals surface area contributed by atoms with E-state index in [1.54, 1.807) is 14.0 Å². The third-order valence-corrected chi connectivity index (χ3v) is 5.58. The zero-order valence-corrected chi connectivity index (χ0v) is 16.8. The molecule has 0 unspecified atom stereocenters.